The van der Waals surface area contributed by atoms with Crippen LogP contribution < -0.4 is 10.1 Å². The van der Waals surface area contributed by atoms with E-state index in [4.69, 9.17) is 16.3 Å². The third-order valence-corrected chi connectivity index (χ3v) is 4.50. The van der Waals surface area contributed by atoms with Gasteiger partial charge in [0.25, 0.3) is 0 Å². The lowest BCUT2D eigenvalue weighted by atomic mass is 10.2. The van der Waals surface area contributed by atoms with Gasteiger partial charge in [0.15, 0.2) is 0 Å². The number of benzene rings is 2. The highest BCUT2D eigenvalue weighted by Crippen LogP contribution is 2.22. The molecule has 148 valence electrons. The van der Waals surface area contributed by atoms with Crippen molar-refractivity contribution in [3.05, 3.63) is 102 Å². The maximum atomic E-state index is 12.1. The quantitative estimate of drug-likeness (QED) is 0.429. The number of nitrogens with one attached hydrogen (secondary N) is 1. The summed E-state index contributed by atoms with van der Waals surface area (Å²) in [6.07, 6.45) is 8.35. The van der Waals surface area contributed by atoms with E-state index < -0.39 is 0 Å². The highest BCUT2D eigenvalue weighted by molar-refractivity contribution is 6.32. The molecule has 4 rings (SSSR count). The third-order valence-electron chi connectivity index (χ3n) is 4.16. The van der Waals surface area contributed by atoms with Gasteiger partial charge in [-0.15, -0.1) is 0 Å². The topological polar surface area (TPSA) is 69.0 Å². The molecule has 0 aliphatic carbocycles. The van der Waals surface area contributed by atoms with Crippen LogP contribution in [0.1, 0.15) is 5.56 Å². The summed E-state index contributed by atoms with van der Waals surface area (Å²) < 4.78 is 7.65. The molecule has 1 N–H and O–H groups in total. The normalized spacial score (nSPS) is 10.8. The zero-order valence-electron chi connectivity index (χ0n) is 15.8. The number of aromatic nitrogens is 3. The summed E-state index contributed by atoms with van der Waals surface area (Å²) in [5, 5.41) is 3.39. The lowest BCUT2D eigenvalue weighted by Crippen LogP contribution is -2.07. The Morgan fingerprint density at radius 2 is 1.77 bits per heavy atom. The molecule has 4 aromatic rings. The van der Waals surface area contributed by atoms with Gasteiger partial charge >= 0.3 is 0 Å². The first-order valence-electron chi connectivity index (χ1n) is 9.14. The van der Waals surface area contributed by atoms with Gasteiger partial charge in [0.1, 0.15) is 17.9 Å². The number of anilines is 1. The standard InChI is InChI=1S/C23H17ClN4O2/c24-20-6-2-1-5-17(20)7-12-22(29)27-18-8-10-19(11-9-18)30-23-15-21(25-16-26-23)28-13-3-4-14-28/h1-16H,(H,27,29)/b12-7+. The van der Waals surface area contributed by atoms with E-state index in [1.807, 2.05) is 47.3 Å². The van der Waals surface area contributed by atoms with Crippen LogP contribution in [0.25, 0.3) is 11.9 Å². The van der Waals surface area contributed by atoms with Gasteiger partial charge in [0.2, 0.25) is 11.8 Å². The van der Waals surface area contributed by atoms with Crippen molar-refractivity contribution in [2.75, 3.05) is 5.32 Å². The fraction of sp³-hybridized carbons (Fsp3) is 0. The number of carbonyl (C=O) groups excluding carboxylic acids is 1. The van der Waals surface area contributed by atoms with E-state index >= 15 is 0 Å². The van der Waals surface area contributed by atoms with Gasteiger partial charge in [-0.3, -0.25) is 4.79 Å². The number of amides is 1. The number of rotatable bonds is 6. The molecule has 7 heteroatoms. The Labute approximate surface area is 178 Å². The third kappa shape index (κ3) is 4.92. The van der Waals surface area contributed by atoms with Gasteiger partial charge in [-0.25, -0.2) is 9.97 Å². The molecule has 2 heterocycles. The van der Waals surface area contributed by atoms with E-state index in [0.29, 0.717) is 28.2 Å². The minimum atomic E-state index is -0.254. The summed E-state index contributed by atoms with van der Waals surface area (Å²) in [6.45, 7) is 0. The van der Waals surface area contributed by atoms with Gasteiger partial charge < -0.3 is 14.6 Å². The van der Waals surface area contributed by atoms with Gasteiger partial charge in [-0.2, -0.15) is 0 Å². The summed E-state index contributed by atoms with van der Waals surface area (Å²) in [6, 6.07) is 19.9. The summed E-state index contributed by atoms with van der Waals surface area (Å²) in [5.41, 5.74) is 1.43. The highest BCUT2D eigenvalue weighted by atomic mass is 35.5. The van der Waals surface area contributed by atoms with Gasteiger partial charge in [0, 0.05) is 35.2 Å². The number of hydrogen-bond donors (Lipinski definition) is 1. The summed E-state index contributed by atoms with van der Waals surface area (Å²) in [5.74, 6) is 1.47. The Morgan fingerprint density at radius 1 is 1.00 bits per heavy atom. The first-order valence-corrected chi connectivity index (χ1v) is 9.52. The monoisotopic (exact) mass is 416 g/mol. The Balaban J connectivity index is 1.38. The molecule has 0 saturated carbocycles. The van der Waals surface area contributed by atoms with Crippen molar-refractivity contribution in [2.45, 2.75) is 0 Å². The second-order valence-electron chi connectivity index (χ2n) is 6.28. The van der Waals surface area contributed by atoms with Crippen molar-refractivity contribution < 1.29 is 9.53 Å². The number of carbonyl (C=O) groups is 1. The maximum absolute atomic E-state index is 12.1. The Hall–Kier alpha value is -3.90. The lowest BCUT2D eigenvalue weighted by Gasteiger charge is -2.08. The molecule has 2 aromatic carbocycles. The molecule has 30 heavy (non-hydrogen) atoms. The molecule has 0 aliphatic heterocycles. The molecule has 0 spiro atoms. The van der Waals surface area contributed by atoms with Crippen molar-refractivity contribution in [1.82, 2.24) is 14.5 Å². The van der Waals surface area contributed by atoms with Crippen molar-refractivity contribution >= 4 is 29.3 Å². The number of nitrogens with zero attached hydrogens (tertiary/aromatic N) is 3. The zero-order chi connectivity index (χ0) is 20.8. The molecular formula is C23H17ClN4O2. The zero-order valence-corrected chi connectivity index (χ0v) is 16.5. The fourth-order valence-corrected chi connectivity index (χ4v) is 2.90. The molecule has 2 aromatic heterocycles. The van der Waals surface area contributed by atoms with Crippen LogP contribution in [0.15, 0.2) is 91.5 Å². The average Bonchev–Trinajstić information content (AvgIpc) is 3.30. The van der Waals surface area contributed by atoms with Gasteiger partial charge in [-0.05, 0) is 54.1 Å². The molecule has 6 nitrogen and oxygen atoms in total. The van der Waals surface area contributed by atoms with Gasteiger partial charge in [0.05, 0.1) is 0 Å². The van der Waals surface area contributed by atoms with Gasteiger partial charge in [-0.1, -0.05) is 29.8 Å². The van der Waals surface area contributed by atoms with E-state index in [9.17, 15) is 4.79 Å². The molecule has 0 radical (unpaired) electrons. The highest BCUT2D eigenvalue weighted by Gasteiger charge is 2.04. The van der Waals surface area contributed by atoms with Crippen LogP contribution in [-0.4, -0.2) is 20.4 Å². The Morgan fingerprint density at radius 3 is 2.53 bits per heavy atom. The van der Waals surface area contributed by atoms with Crippen molar-refractivity contribution in [2.24, 2.45) is 0 Å². The van der Waals surface area contributed by atoms with Crippen molar-refractivity contribution in [3.8, 4) is 17.4 Å². The van der Waals surface area contributed by atoms with Crippen LogP contribution in [0, 0.1) is 0 Å². The first kappa shape index (κ1) is 19.4. The maximum Gasteiger partial charge on any atom is 0.248 e. The summed E-state index contributed by atoms with van der Waals surface area (Å²) >= 11 is 6.08. The molecule has 0 atom stereocenters. The van der Waals surface area contributed by atoms with Crippen LogP contribution in [0.5, 0.6) is 11.6 Å². The summed E-state index contributed by atoms with van der Waals surface area (Å²) in [4.78, 5) is 20.5. The SMILES string of the molecule is O=C(/C=C/c1ccccc1Cl)Nc1ccc(Oc2cc(-n3cccc3)ncn2)cc1. The second kappa shape index (κ2) is 9.07. The first-order chi connectivity index (χ1) is 14.7. The average molecular weight is 417 g/mol. The van der Waals surface area contributed by atoms with Crippen LogP contribution in [0.3, 0.4) is 0 Å². The van der Waals surface area contributed by atoms with Crippen LogP contribution in [0.4, 0.5) is 5.69 Å². The largest absolute Gasteiger partial charge is 0.439 e. The van der Waals surface area contributed by atoms with Crippen molar-refractivity contribution in [3.63, 3.8) is 0 Å². The smallest absolute Gasteiger partial charge is 0.248 e. The molecule has 0 aliphatic rings. The second-order valence-corrected chi connectivity index (χ2v) is 6.68. The number of halogens is 1. The fourth-order valence-electron chi connectivity index (χ4n) is 2.70. The van der Waals surface area contributed by atoms with Crippen molar-refractivity contribution in [1.29, 1.82) is 0 Å². The van der Waals surface area contributed by atoms with Crippen LogP contribution >= 0.6 is 11.6 Å². The molecule has 0 fully saturated rings. The van der Waals surface area contributed by atoms with E-state index in [0.717, 1.165) is 5.56 Å². The van der Waals surface area contributed by atoms with E-state index in [1.54, 1.807) is 42.5 Å². The molecule has 0 saturated heterocycles. The minimum Gasteiger partial charge on any atom is -0.439 e. The van der Waals surface area contributed by atoms with Crippen LogP contribution in [-0.2, 0) is 4.79 Å². The lowest BCUT2D eigenvalue weighted by molar-refractivity contribution is -0.111. The van der Waals surface area contributed by atoms with E-state index in [-0.39, 0.29) is 5.91 Å². The predicted molar refractivity (Wildman–Crippen MR) is 117 cm³/mol. The Bertz CT molecular complexity index is 1170. The number of hydrogen-bond acceptors (Lipinski definition) is 4. The molecule has 0 unspecified atom stereocenters. The van der Waals surface area contributed by atoms with E-state index in [2.05, 4.69) is 15.3 Å². The molecule has 0 bridgehead atoms. The predicted octanol–water partition coefficient (Wildman–Crippen LogP) is 5.36. The molecule has 1 amide bonds. The molecular weight excluding hydrogens is 400 g/mol. The minimum absolute atomic E-state index is 0.254. The summed E-state index contributed by atoms with van der Waals surface area (Å²) in [7, 11) is 0. The number of ether oxygens (including phenoxy) is 1. The Kier molecular flexibility index (Phi) is 5.87. The van der Waals surface area contributed by atoms with E-state index in [1.165, 1.54) is 12.4 Å². The van der Waals surface area contributed by atoms with Crippen LogP contribution in [0.2, 0.25) is 5.02 Å².